The van der Waals surface area contributed by atoms with E-state index in [4.69, 9.17) is 15.6 Å². The molecule has 2 aromatic rings. The summed E-state index contributed by atoms with van der Waals surface area (Å²) in [6.07, 6.45) is -3.97. The molecule has 1 fully saturated rings. The number of nitrogens with two attached hydrogens (primary N) is 1. The number of hydrogen-bond donors (Lipinski definition) is 2. The predicted octanol–water partition coefficient (Wildman–Crippen LogP) is 2.18. The maximum atomic E-state index is 13.1. The van der Waals surface area contributed by atoms with Crippen LogP contribution < -0.4 is 10.6 Å². The highest BCUT2D eigenvalue weighted by Gasteiger charge is 2.39. The average Bonchev–Trinajstić information content (AvgIpc) is 3.17. The van der Waals surface area contributed by atoms with Crippen LogP contribution in [0, 0.1) is 0 Å². The Kier molecular flexibility index (Phi) is 7.17. The largest absolute Gasteiger partial charge is 0.490 e. The highest BCUT2D eigenvalue weighted by Crippen LogP contribution is 2.33. The number of halogens is 3. The fourth-order valence-corrected chi connectivity index (χ4v) is 5.19. The number of carboxylic acid groups (broad SMARTS) is 1. The van der Waals surface area contributed by atoms with Crippen LogP contribution in [0.2, 0.25) is 0 Å². The number of benzene rings is 2. The third kappa shape index (κ3) is 5.25. The van der Waals surface area contributed by atoms with Crippen LogP contribution in [0.5, 0.6) is 0 Å². The Balaban J connectivity index is 0.000000423. The number of hydrogen-bond acceptors (Lipinski definition) is 5. The van der Waals surface area contributed by atoms with Crippen molar-refractivity contribution >= 4 is 38.4 Å². The van der Waals surface area contributed by atoms with Crippen molar-refractivity contribution < 1.29 is 36.3 Å². The van der Waals surface area contributed by atoms with Gasteiger partial charge in [0.25, 0.3) is 0 Å². The van der Waals surface area contributed by atoms with Gasteiger partial charge in [0.05, 0.1) is 4.90 Å². The zero-order chi connectivity index (χ0) is 23.6. The van der Waals surface area contributed by atoms with Gasteiger partial charge in [0.2, 0.25) is 15.9 Å². The van der Waals surface area contributed by atoms with Gasteiger partial charge in [-0.05, 0) is 25.0 Å². The van der Waals surface area contributed by atoms with Crippen molar-refractivity contribution in [3.63, 3.8) is 0 Å². The Morgan fingerprint density at radius 1 is 1.13 bits per heavy atom. The smallest absolute Gasteiger partial charge is 0.475 e. The predicted molar refractivity (Wildman–Crippen MR) is 108 cm³/mol. The lowest BCUT2D eigenvalue weighted by Gasteiger charge is -2.23. The van der Waals surface area contributed by atoms with E-state index in [1.807, 2.05) is 37.2 Å². The number of aliphatic carboxylic acids is 1. The Morgan fingerprint density at radius 3 is 2.19 bits per heavy atom. The van der Waals surface area contributed by atoms with Crippen LogP contribution in [0.15, 0.2) is 41.3 Å². The molecule has 0 unspecified atom stereocenters. The summed E-state index contributed by atoms with van der Waals surface area (Å²) in [7, 11) is 0.0444. The highest BCUT2D eigenvalue weighted by molar-refractivity contribution is 7.89. The molecule has 1 saturated heterocycles. The molecule has 0 aliphatic carbocycles. The summed E-state index contributed by atoms with van der Waals surface area (Å²) < 4.78 is 59.3. The second-order valence-electron chi connectivity index (χ2n) is 7.00. The van der Waals surface area contributed by atoms with Gasteiger partial charge in [0, 0.05) is 37.1 Å². The van der Waals surface area contributed by atoms with E-state index in [0.29, 0.717) is 24.8 Å². The first kappa shape index (κ1) is 24.4. The van der Waals surface area contributed by atoms with E-state index in [9.17, 15) is 26.4 Å². The molecule has 31 heavy (non-hydrogen) atoms. The molecule has 0 aromatic heterocycles. The summed E-state index contributed by atoms with van der Waals surface area (Å²) in [4.78, 5) is 22.7. The van der Waals surface area contributed by atoms with E-state index < -0.39 is 34.1 Å². The van der Waals surface area contributed by atoms with Crippen molar-refractivity contribution in [1.82, 2.24) is 4.31 Å². The number of fused-ring (bicyclic) bond motifs is 1. The number of carbonyl (C=O) groups excluding carboxylic acids is 1. The molecule has 3 rings (SSSR count). The van der Waals surface area contributed by atoms with Crippen LogP contribution in [-0.2, 0) is 19.6 Å². The number of primary amides is 1. The van der Waals surface area contributed by atoms with Crippen LogP contribution in [0.4, 0.5) is 18.9 Å². The molecule has 1 amide bonds. The summed E-state index contributed by atoms with van der Waals surface area (Å²) in [5, 5.41) is 8.64. The first-order chi connectivity index (χ1) is 14.3. The Hall–Kier alpha value is -2.86. The van der Waals surface area contributed by atoms with E-state index in [-0.39, 0.29) is 4.90 Å². The van der Waals surface area contributed by atoms with E-state index in [1.165, 1.54) is 4.31 Å². The van der Waals surface area contributed by atoms with E-state index in [1.54, 1.807) is 18.2 Å². The van der Waals surface area contributed by atoms with E-state index in [0.717, 1.165) is 11.1 Å². The Labute approximate surface area is 177 Å². The third-order valence-electron chi connectivity index (χ3n) is 4.70. The van der Waals surface area contributed by atoms with Crippen LogP contribution in [0.25, 0.3) is 10.8 Å². The van der Waals surface area contributed by atoms with Gasteiger partial charge >= 0.3 is 12.1 Å². The van der Waals surface area contributed by atoms with Crippen molar-refractivity contribution in [2.24, 2.45) is 5.73 Å². The molecule has 2 aromatic carbocycles. The highest BCUT2D eigenvalue weighted by atomic mass is 32.2. The first-order valence-corrected chi connectivity index (χ1v) is 10.5. The second-order valence-corrected chi connectivity index (χ2v) is 8.86. The lowest BCUT2D eigenvalue weighted by molar-refractivity contribution is -0.192. The number of amides is 1. The second kappa shape index (κ2) is 9.10. The molecule has 0 radical (unpaired) electrons. The lowest BCUT2D eigenvalue weighted by Crippen LogP contribution is -2.43. The van der Waals surface area contributed by atoms with Crippen molar-refractivity contribution in [2.45, 2.75) is 30.0 Å². The summed E-state index contributed by atoms with van der Waals surface area (Å²) in [6.45, 7) is 0.319. The molecule has 1 aliphatic heterocycles. The molecule has 0 bridgehead atoms. The molecule has 3 N–H and O–H groups in total. The molecule has 170 valence electrons. The quantitative estimate of drug-likeness (QED) is 0.720. The molecule has 1 heterocycles. The Bertz CT molecular complexity index is 1090. The van der Waals surface area contributed by atoms with Gasteiger partial charge in [-0.2, -0.15) is 17.5 Å². The van der Waals surface area contributed by atoms with Gasteiger partial charge in [0.15, 0.2) is 0 Å². The van der Waals surface area contributed by atoms with Crippen molar-refractivity contribution in [3.05, 3.63) is 36.4 Å². The maximum Gasteiger partial charge on any atom is 0.490 e. The van der Waals surface area contributed by atoms with Crippen molar-refractivity contribution in [3.8, 4) is 0 Å². The van der Waals surface area contributed by atoms with Crippen molar-refractivity contribution in [1.29, 1.82) is 0 Å². The summed E-state index contributed by atoms with van der Waals surface area (Å²) in [5.41, 5.74) is 6.33. The topological polar surface area (TPSA) is 121 Å². The number of anilines is 1. The number of sulfonamides is 1. The summed E-state index contributed by atoms with van der Waals surface area (Å²) in [6, 6.07) is 10.0. The molecule has 1 aliphatic rings. The van der Waals surface area contributed by atoms with Crippen molar-refractivity contribution in [2.75, 3.05) is 25.5 Å². The lowest BCUT2D eigenvalue weighted by atomic mass is 10.1. The SMILES string of the molecule is CN(C)c1cccc2c(S(=O)(=O)N3CCC[C@H]3C(N)=O)cccc12.O=C(O)C(F)(F)F. The monoisotopic (exact) mass is 461 g/mol. The zero-order valence-electron chi connectivity index (χ0n) is 16.8. The fourth-order valence-electron chi connectivity index (χ4n) is 3.32. The third-order valence-corrected chi connectivity index (χ3v) is 6.67. The molecule has 0 spiro atoms. The minimum Gasteiger partial charge on any atom is -0.475 e. The zero-order valence-corrected chi connectivity index (χ0v) is 17.6. The van der Waals surface area contributed by atoms with Crippen LogP contribution in [0.1, 0.15) is 12.8 Å². The van der Waals surface area contributed by atoms with Gasteiger partial charge in [-0.1, -0.05) is 24.3 Å². The van der Waals surface area contributed by atoms with Crippen LogP contribution >= 0.6 is 0 Å². The maximum absolute atomic E-state index is 13.1. The number of carbonyl (C=O) groups is 2. The standard InChI is InChI=1S/C17H21N3O3S.C2HF3O2/c1-19(2)14-8-3-7-13-12(14)6-4-10-16(13)24(22,23)20-11-5-9-15(20)17(18)21;3-2(4,5)1(6)7/h3-4,6-8,10,15H,5,9,11H2,1-2H3,(H2,18,21);(H,6,7)/t15-;/m0./s1. The van der Waals surface area contributed by atoms with Gasteiger partial charge in [-0.3, -0.25) is 4.79 Å². The van der Waals surface area contributed by atoms with Gasteiger partial charge in [0.1, 0.15) is 6.04 Å². The molecule has 12 heteroatoms. The van der Waals surface area contributed by atoms with Gasteiger partial charge < -0.3 is 15.7 Å². The number of rotatable bonds is 4. The fraction of sp³-hybridized carbons (Fsp3) is 0.368. The number of nitrogens with zero attached hydrogens (tertiary/aromatic N) is 2. The van der Waals surface area contributed by atoms with E-state index in [2.05, 4.69) is 0 Å². The van der Waals surface area contributed by atoms with Crippen LogP contribution in [0.3, 0.4) is 0 Å². The van der Waals surface area contributed by atoms with Gasteiger partial charge in [-0.25, -0.2) is 13.2 Å². The number of alkyl halides is 3. The molecular formula is C19H22F3N3O5S. The number of carboxylic acids is 1. The van der Waals surface area contributed by atoms with Crippen LogP contribution in [-0.4, -0.2) is 62.6 Å². The van der Waals surface area contributed by atoms with E-state index >= 15 is 0 Å². The first-order valence-electron chi connectivity index (χ1n) is 9.08. The molecule has 8 nitrogen and oxygen atoms in total. The molecule has 0 saturated carbocycles. The minimum absolute atomic E-state index is 0.219. The molecular weight excluding hydrogens is 439 g/mol. The minimum atomic E-state index is -5.08. The summed E-state index contributed by atoms with van der Waals surface area (Å²) >= 11 is 0. The molecule has 1 atom stereocenters. The average molecular weight is 461 g/mol. The summed E-state index contributed by atoms with van der Waals surface area (Å²) in [5.74, 6) is -3.35. The van der Waals surface area contributed by atoms with Gasteiger partial charge in [-0.15, -0.1) is 0 Å². The Morgan fingerprint density at radius 2 is 1.68 bits per heavy atom. The normalized spacial score (nSPS) is 17.1.